The van der Waals surface area contributed by atoms with Crippen molar-refractivity contribution < 1.29 is 18.9 Å². The number of rotatable bonds is 8. The lowest BCUT2D eigenvalue weighted by Crippen LogP contribution is -2.42. The molecule has 4 atom stereocenters. The molecule has 8 heteroatoms. The van der Waals surface area contributed by atoms with Gasteiger partial charge in [-0.05, 0) is 27.7 Å². The summed E-state index contributed by atoms with van der Waals surface area (Å²) in [6.07, 6.45) is 4.26. The second kappa shape index (κ2) is 9.14. The fraction of sp³-hybridized carbons (Fsp3) is 0.667. The van der Waals surface area contributed by atoms with Gasteiger partial charge >= 0.3 is 5.69 Å². The molecule has 1 aliphatic heterocycles. The Morgan fingerprint density at radius 3 is 2.58 bits per heavy atom. The van der Waals surface area contributed by atoms with E-state index in [0.29, 0.717) is 0 Å². The Hall–Kier alpha value is -1.92. The van der Waals surface area contributed by atoms with Crippen LogP contribution in [0.1, 0.15) is 33.9 Å². The van der Waals surface area contributed by atoms with Crippen LogP contribution in [-0.4, -0.2) is 53.3 Å². The van der Waals surface area contributed by atoms with Gasteiger partial charge in [-0.15, -0.1) is 6.42 Å². The van der Waals surface area contributed by atoms with E-state index < -0.39 is 35.8 Å². The summed E-state index contributed by atoms with van der Waals surface area (Å²) in [5, 5.41) is 0. The van der Waals surface area contributed by atoms with Crippen molar-refractivity contribution in [2.24, 2.45) is 0 Å². The molecule has 0 saturated carbocycles. The van der Waals surface area contributed by atoms with E-state index in [1.54, 1.807) is 0 Å². The first-order valence-electron chi connectivity index (χ1n) is 8.62. The molecule has 26 heavy (non-hydrogen) atoms. The normalized spacial score (nSPS) is 25.7. The van der Waals surface area contributed by atoms with Gasteiger partial charge in [0.15, 0.2) is 6.23 Å². The average Bonchev–Trinajstić information content (AvgIpc) is 2.87. The summed E-state index contributed by atoms with van der Waals surface area (Å²) in [5.74, 6) is 2.42. The Bertz CT molecular complexity index is 732. The molecule has 1 fully saturated rings. The summed E-state index contributed by atoms with van der Waals surface area (Å²) in [4.78, 5) is 25.8. The van der Waals surface area contributed by atoms with Crippen LogP contribution in [0.5, 0.6) is 0 Å². The number of aromatic nitrogens is 2. The van der Waals surface area contributed by atoms with Crippen molar-refractivity contribution in [1.29, 1.82) is 0 Å². The van der Waals surface area contributed by atoms with Crippen LogP contribution in [-0.2, 0) is 18.9 Å². The molecule has 2 heterocycles. The predicted molar refractivity (Wildman–Crippen MR) is 94.9 cm³/mol. The third kappa shape index (κ3) is 5.05. The van der Waals surface area contributed by atoms with Crippen LogP contribution in [0.25, 0.3) is 0 Å². The van der Waals surface area contributed by atoms with Crippen LogP contribution in [0, 0.1) is 12.3 Å². The van der Waals surface area contributed by atoms with E-state index in [9.17, 15) is 9.59 Å². The maximum atomic E-state index is 12.2. The van der Waals surface area contributed by atoms with E-state index in [0.717, 1.165) is 0 Å². The highest BCUT2D eigenvalue weighted by Gasteiger charge is 2.48. The Morgan fingerprint density at radius 1 is 1.27 bits per heavy atom. The fourth-order valence-corrected chi connectivity index (χ4v) is 2.78. The van der Waals surface area contributed by atoms with E-state index in [4.69, 9.17) is 25.4 Å². The smallest absolute Gasteiger partial charge is 0.330 e. The van der Waals surface area contributed by atoms with Gasteiger partial charge < -0.3 is 18.9 Å². The van der Waals surface area contributed by atoms with E-state index in [-0.39, 0.29) is 25.4 Å². The quantitative estimate of drug-likeness (QED) is 0.680. The minimum atomic E-state index is -0.794. The van der Waals surface area contributed by atoms with Crippen molar-refractivity contribution in [2.75, 3.05) is 13.2 Å². The first-order valence-corrected chi connectivity index (χ1v) is 8.62. The maximum absolute atomic E-state index is 12.2. The summed E-state index contributed by atoms with van der Waals surface area (Å²) in [6, 6.07) is 1.25. The Kier molecular flexibility index (Phi) is 7.17. The maximum Gasteiger partial charge on any atom is 0.330 e. The minimum absolute atomic E-state index is 0.0122. The lowest BCUT2D eigenvalue weighted by Gasteiger charge is -2.26. The van der Waals surface area contributed by atoms with Crippen molar-refractivity contribution in [1.82, 2.24) is 9.55 Å². The van der Waals surface area contributed by atoms with Gasteiger partial charge in [-0.1, -0.05) is 5.92 Å². The Morgan fingerprint density at radius 2 is 2.00 bits per heavy atom. The zero-order chi connectivity index (χ0) is 19.3. The number of H-pyrrole nitrogens is 1. The first-order chi connectivity index (χ1) is 12.3. The molecule has 1 N–H and O–H groups in total. The molecule has 0 bridgehead atoms. The Balaban J connectivity index is 2.35. The van der Waals surface area contributed by atoms with Crippen LogP contribution < -0.4 is 11.2 Å². The van der Waals surface area contributed by atoms with E-state index in [2.05, 4.69) is 10.9 Å². The highest BCUT2D eigenvalue weighted by molar-refractivity contribution is 4.96. The standard InChI is InChI=1S/C18H26N2O6/c1-6-9-23-16-15(25-12(4)5)13(10-24-11(2)3)26-17(16)20-8-7-14(21)19-18(20)22/h1,7-8,11-13,15-17H,9-10H2,2-5H3,(H,19,21,22)/t13-,15?,16?,17-/m1/s1. The second-order valence-electron chi connectivity index (χ2n) is 6.59. The molecule has 1 saturated heterocycles. The van der Waals surface area contributed by atoms with E-state index in [1.807, 2.05) is 27.7 Å². The zero-order valence-corrected chi connectivity index (χ0v) is 15.5. The second-order valence-corrected chi connectivity index (χ2v) is 6.59. The summed E-state index contributed by atoms with van der Waals surface area (Å²) in [7, 11) is 0. The van der Waals surface area contributed by atoms with Crippen LogP contribution in [0.15, 0.2) is 21.9 Å². The number of hydrogen-bond donors (Lipinski definition) is 1. The molecular weight excluding hydrogens is 340 g/mol. The Labute approximate surface area is 152 Å². The molecule has 1 aromatic heterocycles. The number of nitrogens with one attached hydrogen (secondary N) is 1. The largest absolute Gasteiger partial charge is 0.376 e. The van der Waals surface area contributed by atoms with Gasteiger partial charge in [0.1, 0.15) is 24.9 Å². The van der Waals surface area contributed by atoms with Gasteiger partial charge in [0, 0.05) is 12.3 Å². The zero-order valence-electron chi connectivity index (χ0n) is 15.5. The molecule has 1 aliphatic rings. The van der Waals surface area contributed by atoms with Crippen molar-refractivity contribution in [3.8, 4) is 12.3 Å². The van der Waals surface area contributed by atoms with Gasteiger partial charge in [-0.2, -0.15) is 0 Å². The van der Waals surface area contributed by atoms with Gasteiger partial charge in [0.05, 0.1) is 18.8 Å². The van der Waals surface area contributed by atoms with Crippen LogP contribution in [0.3, 0.4) is 0 Å². The third-order valence-electron chi connectivity index (χ3n) is 3.79. The third-order valence-corrected chi connectivity index (χ3v) is 3.79. The number of terminal acetylenes is 1. The summed E-state index contributed by atoms with van der Waals surface area (Å²) < 4.78 is 24.7. The highest BCUT2D eigenvalue weighted by Crippen LogP contribution is 2.33. The highest BCUT2D eigenvalue weighted by atomic mass is 16.6. The molecular formula is C18H26N2O6. The molecule has 0 amide bonds. The van der Waals surface area contributed by atoms with Crippen molar-refractivity contribution >= 4 is 0 Å². The topological polar surface area (TPSA) is 91.8 Å². The number of hydrogen-bond acceptors (Lipinski definition) is 6. The van der Waals surface area contributed by atoms with Crippen molar-refractivity contribution in [3.05, 3.63) is 33.1 Å². The molecule has 2 rings (SSSR count). The van der Waals surface area contributed by atoms with Gasteiger partial charge in [-0.25, -0.2) is 4.79 Å². The number of nitrogens with zero attached hydrogens (tertiary/aromatic N) is 1. The lowest BCUT2D eigenvalue weighted by atomic mass is 10.1. The van der Waals surface area contributed by atoms with Gasteiger partial charge in [0.25, 0.3) is 5.56 Å². The summed E-state index contributed by atoms with van der Waals surface area (Å²) in [5.41, 5.74) is -1.08. The number of aromatic amines is 1. The molecule has 8 nitrogen and oxygen atoms in total. The average molecular weight is 366 g/mol. The monoisotopic (exact) mass is 366 g/mol. The molecule has 1 aromatic rings. The van der Waals surface area contributed by atoms with Crippen molar-refractivity contribution in [2.45, 2.75) is 64.4 Å². The SMILES string of the molecule is C#CCOC1C(OC(C)C)[C@@H](COC(C)C)O[C@H]1n1ccc(=O)[nH]c1=O. The van der Waals surface area contributed by atoms with Gasteiger partial charge in [0.2, 0.25) is 0 Å². The minimum Gasteiger partial charge on any atom is -0.376 e. The fourth-order valence-electron chi connectivity index (χ4n) is 2.78. The predicted octanol–water partition coefficient (Wildman–Crippen LogP) is 0.671. The van der Waals surface area contributed by atoms with Crippen LogP contribution >= 0.6 is 0 Å². The molecule has 0 spiro atoms. The summed E-state index contributed by atoms with van der Waals surface area (Å²) >= 11 is 0. The molecule has 0 aromatic carbocycles. The first kappa shape index (κ1) is 20.4. The van der Waals surface area contributed by atoms with Gasteiger partial charge in [-0.3, -0.25) is 14.3 Å². The van der Waals surface area contributed by atoms with E-state index >= 15 is 0 Å². The van der Waals surface area contributed by atoms with Crippen LogP contribution in [0.2, 0.25) is 0 Å². The number of ether oxygens (including phenoxy) is 4. The summed E-state index contributed by atoms with van der Waals surface area (Å²) in [6.45, 7) is 7.96. The molecule has 144 valence electrons. The van der Waals surface area contributed by atoms with E-state index in [1.165, 1.54) is 16.8 Å². The molecule has 0 aliphatic carbocycles. The van der Waals surface area contributed by atoms with Crippen molar-refractivity contribution in [3.63, 3.8) is 0 Å². The molecule has 2 unspecified atom stereocenters. The molecule has 0 radical (unpaired) electrons. The lowest BCUT2D eigenvalue weighted by molar-refractivity contribution is -0.101. The van der Waals surface area contributed by atoms with Crippen LogP contribution in [0.4, 0.5) is 0 Å².